The smallest absolute Gasteiger partial charge is 0.242 e. The Hall–Kier alpha value is -2.21. The summed E-state index contributed by atoms with van der Waals surface area (Å²) in [6, 6.07) is 0.891. The Kier molecular flexibility index (Phi) is 6.20. The number of nitrogens with one attached hydrogen (secondary N) is 3. The van der Waals surface area contributed by atoms with Gasteiger partial charge in [-0.05, 0) is 57.8 Å². The molecule has 9 heteroatoms. The molecule has 0 aromatic heterocycles. The van der Waals surface area contributed by atoms with Gasteiger partial charge in [0, 0.05) is 23.9 Å². The number of nitrogens with zero attached hydrogens (tertiary/aromatic N) is 2. The van der Waals surface area contributed by atoms with Crippen molar-refractivity contribution in [2.45, 2.75) is 88.0 Å². The summed E-state index contributed by atoms with van der Waals surface area (Å²) < 4.78 is 13.6. The molecule has 0 radical (unpaired) electrons. The summed E-state index contributed by atoms with van der Waals surface area (Å²) in [7, 11) is 0. The van der Waals surface area contributed by atoms with Crippen LogP contribution in [0.25, 0.3) is 0 Å². The summed E-state index contributed by atoms with van der Waals surface area (Å²) in [5, 5.41) is 18.4. The second-order valence-electron chi connectivity index (χ2n) is 9.75. The third kappa shape index (κ3) is 4.40. The highest BCUT2D eigenvalue weighted by Gasteiger charge is 2.53. The van der Waals surface area contributed by atoms with E-state index >= 15 is 0 Å². The van der Waals surface area contributed by atoms with Gasteiger partial charge in [-0.25, -0.2) is 4.39 Å². The maximum absolute atomic E-state index is 13.6. The highest BCUT2D eigenvalue weighted by molar-refractivity contribution is 5.90. The lowest BCUT2D eigenvalue weighted by molar-refractivity contribution is -0.142. The van der Waals surface area contributed by atoms with Gasteiger partial charge in [0.1, 0.15) is 18.3 Å². The second kappa shape index (κ2) is 8.73. The predicted molar refractivity (Wildman–Crippen MR) is 110 cm³/mol. The van der Waals surface area contributed by atoms with Gasteiger partial charge in [-0.3, -0.25) is 14.4 Å². The first-order valence-electron chi connectivity index (χ1n) is 11.5. The molecule has 170 valence electrons. The van der Waals surface area contributed by atoms with Gasteiger partial charge >= 0.3 is 0 Å². The number of hydrogen-bond acceptors (Lipinski definition) is 5. The Labute approximate surface area is 182 Å². The monoisotopic (exact) mass is 433 g/mol. The van der Waals surface area contributed by atoms with Crippen molar-refractivity contribution in [3.05, 3.63) is 0 Å². The van der Waals surface area contributed by atoms with Crippen LogP contribution in [0.1, 0.15) is 64.2 Å². The SMILES string of the molecule is N#C[C@@H]1C[C@H](F)CN1C(=O)CNC12CCC(C(=O)N[C@H]3CCCCNC3=O)(CC1)CC2. The third-order valence-corrected chi connectivity index (χ3v) is 7.90. The number of nitriles is 1. The summed E-state index contributed by atoms with van der Waals surface area (Å²) in [6.07, 6.45) is 6.05. The lowest BCUT2D eigenvalue weighted by Crippen LogP contribution is -2.61. The Morgan fingerprint density at radius 2 is 1.90 bits per heavy atom. The molecule has 5 aliphatic rings. The molecule has 5 rings (SSSR count). The summed E-state index contributed by atoms with van der Waals surface area (Å²) in [4.78, 5) is 39.2. The van der Waals surface area contributed by atoms with E-state index in [1.54, 1.807) is 0 Å². The van der Waals surface area contributed by atoms with Crippen LogP contribution in [0, 0.1) is 16.7 Å². The van der Waals surface area contributed by atoms with E-state index in [1.807, 2.05) is 6.07 Å². The lowest BCUT2D eigenvalue weighted by Gasteiger charge is -2.53. The zero-order valence-electron chi connectivity index (χ0n) is 17.9. The van der Waals surface area contributed by atoms with Gasteiger partial charge in [0.2, 0.25) is 17.7 Å². The van der Waals surface area contributed by atoms with Crippen molar-refractivity contribution in [3.63, 3.8) is 0 Å². The molecule has 0 spiro atoms. The molecule has 3 N–H and O–H groups in total. The maximum Gasteiger partial charge on any atom is 0.242 e. The van der Waals surface area contributed by atoms with Crippen LogP contribution in [0.5, 0.6) is 0 Å². The summed E-state index contributed by atoms with van der Waals surface area (Å²) in [5.74, 6) is -0.334. The highest BCUT2D eigenvalue weighted by Crippen LogP contribution is 2.52. The van der Waals surface area contributed by atoms with Crippen LogP contribution in [0.3, 0.4) is 0 Å². The second-order valence-corrected chi connectivity index (χ2v) is 9.75. The van der Waals surface area contributed by atoms with E-state index in [9.17, 15) is 18.8 Å². The molecule has 0 aromatic rings. The number of carbonyl (C=O) groups excluding carboxylic acids is 3. The number of hydrogen-bond donors (Lipinski definition) is 3. The van der Waals surface area contributed by atoms with Crippen LogP contribution in [-0.4, -0.2) is 66.1 Å². The molecule has 2 heterocycles. The largest absolute Gasteiger partial charge is 0.354 e. The number of amides is 3. The molecule has 2 bridgehead atoms. The Morgan fingerprint density at radius 1 is 1.19 bits per heavy atom. The molecule has 0 aromatic carbocycles. The van der Waals surface area contributed by atoms with Gasteiger partial charge in [0.05, 0.1) is 19.2 Å². The third-order valence-electron chi connectivity index (χ3n) is 7.90. The first-order chi connectivity index (χ1) is 14.9. The minimum atomic E-state index is -1.13. The number of carbonyl (C=O) groups is 3. The van der Waals surface area contributed by atoms with E-state index < -0.39 is 23.7 Å². The minimum Gasteiger partial charge on any atom is -0.354 e. The summed E-state index contributed by atoms with van der Waals surface area (Å²) >= 11 is 0. The fourth-order valence-corrected chi connectivity index (χ4v) is 5.73. The molecule has 3 amide bonds. The number of rotatable bonds is 5. The molecule has 3 saturated carbocycles. The van der Waals surface area contributed by atoms with Crippen molar-refractivity contribution in [1.82, 2.24) is 20.9 Å². The van der Waals surface area contributed by atoms with Crippen LogP contribution >= 0.6 is 0 Å². The van der Waals surface area contributed by atoms with Crippen molar-refractivity contribution in [3.8, 4) is 6.07 Å². The molecule has 31 heavy (non-hydrogen) atoms. The van der Waals surface area contributed by atoms with Crippen molar-refractivity contribution in [2.75, 3.05) is 19.6 Å². The Morgan fingerprint density at radius 3 is 2.58 bits per heavy atom. The maximum atomic E-state index is 13.6. The molecule has 8 nitrogen and oxygen atoms in total. The quantitative estimate of drug-likeness (QED) is 0.597. The fourth-order valence-electron chi connectivity index (χ4n) is 5.73. The van der Waals surface area contributed by atoms with E-state index in [0.717, 1.165) is 51.4 Å². The first kappa shape index (κ1) is 22.0. The van der Waals surface area contributed by atoms with Crippen molar-refractivity contribution in [2.24, 2.45) is 5.41 Å². The van der Waals surface area contributed by atoms with E-state index in [4.69, 9.17) is 5.26 Å². The molecule has 5 fully saturated rings. The topological polar surface area (TPSA) is 114 Å². The Bertz CT molecular complexity index is 757. The minimum absolute atomic E-state index is 0.0102. The molecule has 0 unspecified atom stereocenters. The van der Waals surface area contributed by atoms with Crippen LogP contribution in [0.4, 0.5) is 4.39 Å². The zero-order valence-corrected chi connectivity index (χ0v) is 17.9. The van der Waals surface area contributed by atoms with Crippen molar-refractivity contribution in [1.29, 1.82) is 5.26 Å². The van der Waals surface area contributed by atoms with Crippen LogP contribution < -0.4 is 16.0 Å². The van der Waals surface area contributed by atoms with Crippen LogP contribution in [-0.2, 0) is 14.4 Å². The highest BCUT2D eigenvalue weighted by atomic mass is 19.1. The summed E-state index contributed by atoms with van der Waals surface area (Å²) in [6.45, 7) is 0.748. The van der Waals surface area contributed by atoms with Gasteiger partial charge in [0.15, 0.2) is 0 Å². The molecule has 3 aliphatic carbocycles. The Balaban J connectivity index is 1.30. The van der Waals surface area contributed by atoms with Gasteiger partial charge < -0.3 is 20.9 Å². The number of likely N-dealkylation sites (tertiary alicyclic amines) is 1. The van der Waals surface area contributed by atoms with Crippen molar-refractivity contribution < 1.29 is 18.8 Å². The van der Waals surface area contributed by atoms with E-state index in [-0.39, 0.29) is 42.8 Å². The molecule has 2 saturated heterocycles. The normalized spacial score (nSPS) is 37.6. The fraction of sp³-hybridized carbons (Fsp3) is 0.818. The van der Waals surface area contributed by atoms with Gasteiger partial charge in [-0.2, -0.15) is 5.26 Å². The first-order valence-corrected chi connectivity index (χ1v) is 11.5. The van der Waals surface area contributed by atoms with Gasteiger partial charge in [-0.15, -0.1) is 0 Å². The molecular weight excluding hydrogens is 401 g/mol. The lowest BCUT2D eigenvalue weighted by atomic mass is 9.57. The molecule has 3 atom stereocenters. The van der Waals surface area contributed by atoms with Crippen molar-refractivity contribution >= 4 is 17.7 Å². The van der Waals surface area contributed by atoms with E-state index in [0.29, 0.717) is 13.0 Å². The van der Waals surface area contributed by atoms with Gasteiger partial charge in [0.25, 0.3) is 0 Å². The average molecular weight is 434 g/mol. The molecular formula is C22H32FN5O3. The average Bonchev–Trinajstić information content (AvgIpc) is 3.06. The molecule has 2 aliphatic heterocycles. The van der Waals surface area contributed by atoms with Crippen LogP contribution in [0.15, 0.2) is 0 Å². The van der Waals surface area contributed by atoms with Gasteiger partial charge in [-0.1, -0.05) is 0 Å². The summed E-state index contributed by atoms with van der Waals surface area (Å²) in [5.41, 5.74) is -0.614. The van der Waals surface area contributed by atoms with E-state index in [1.165, 1.54) is 4.90 Å². The number of halogens is 1. The number of alkyl halides is 1. The standard InChI is InChI=1S/C22H32FN5O3/c23-15-11-16(12-24)28(14-15)18(29)13-26-22-7-4-21(5-8-22,6-9-22)20(31)27-17-3-1-2-10-25-19(17)30/h15-17,26H,1-11,13-14H2,(H,25,30)(H,27,31)/t15-,16-,17-,21?,22?/m0/s1. The number of fused-ring (bicyclic) bond motifs is 3. The zero-order chi connectivity index (χ0) is 22.1. The van der Waals surface area contributed by atoms with Crippen LogP contribution in [0.2, 0.25) is 0 Å². The predicted octanol–water partition coefficient (Wildman–Crippen LogP) is 0.916. The van der Waals surface area contributed by atoms with E-state index in [2.05, 4.69) is 16.0 Å².